The van der Waals surface area contributed by atoms with E-state index in [-0.39, 0.29) is 6.42 Å². The molecular formula is C21H41O7P. The van der Waals surface area contributed by atoms with E-state index in [9.17, 15) is 14.5 Å². The first-order valence-electron chi connectivity index (χ1n) is 11.0. The summed E-state index contributed by atoms with van der Waals surface area (Å²) in [6.07, 6.45) is 19.2. The number of hydrogen-bond acceptors (Lipinski definition) is 5. The minimum atomic E-state index is -4.81. The van der Waals surface area contributed by atoms with Crippen LogP contribution in [0.25, 0.3) is 0 Å². The minimum Gasteiger partial charge on any atom is -0.393 e. The fraction of sp³-hybridized carbons (Fsp3) is 0.857. The van der Waals surface area contributed by atoms with Gasteiger partial charge in [0.05, 0.1) is 13.2 Å². The summed E-state index contributed by atoms with van der Waals surface area (Å²) in [5.41, 5.74) is -2.26. The number of ketones is 1. The molecule has 0 aliphatic rings. The van der Waals surface area contributed by atoms with Crippen LogP contribution < -0.4 is 0 Å². The highest BCUT2D eigenvalue weighted by molar-refractivity contribution is 7.46. The van der Waals surface area contributed by atoms with Gasteiger partial charge in [0, 0.05) is 6.42 Å². The summed E-state index contributed by atoms with van der Waals surface area (Å²) in [5, 5.41) is 19.2. The van der Waals surface area contributed by atoms with Gasteiger partial charge in [0.25, 0.3) is 0 Å². The topological polar surface area (TPSA) is 124 Å². The highest BCUT2D eigenvalue weighted by atomic mass is 31.2. The molecule has 0 aliphatic heterocycles. The second kappa shape index (κ2) is 17.2. The number of unbranched alkanes of at least 4 members (excludes halogenated alkanes) is 11. The van der Waals surface area contributed by atoms with Crippen molar-refractivity contribution >= 4 is 13.6 Å². The second-order valence-corrected chi connectivity index (χ2v) is 8.95. The number of Topliss-reactive ketones (excluding diaryl/α,β-unsaturated/α-hetero) is 1. The van der Waals surface area contributed by atoms with Crippen LogP contribution in [0.1, 0.15) is 96.8 Å². The van der Waals surface area contributed by atoms with E-state index in [0.29, 0.717) is 6.42 Å². The molecule has 0 amide bonds. The van der Waals surface area contributed by atoms with E-state index in [4.69, 9.17) is 14.9 Å². The highest BCUT2D eigenvalue weighted by Gasteiger charge is 2.37. The molecule has 8 heteroatoms. The van der Waals surface area contributed by atoms with Crippen LogP contribution in [0.4, 0.5) is 0 Å². The number of phosphoric ester groups is 1. The van der Waals surface area contributed by atoms with Crippen LogP contribution in [0.5, 0.6) is 0 Å². The Bertz CT molecular complexity index is 489. The molecule has 1 unspecified atom stereocenters. The maximum atomic E-state index is 12.0. The first-order valence-corrected chi connectivity index (χ1v) is 12.5. The average molecular weight is 437 g/mol. The van der Waals surface area contributed by atoms with Gasteiger partial charge in [0.1, 0.15) is 0 Å². The van der Waals surface area contributed by atoms with Gasteiger partial charge in [-0.15, -0.1) is 0 Å². The number of rotatable bonds is 20. The molecule has 0 bridgehead atoms. The Labute approximate surface area is 175 Å². The maximum absolute atomic E-state index is 12.0. The first kappa shape index (κ1) is 28.4. The number of carbonyl (C=O) groups is 1. The van der Waals surface area contributed by atoms with Gasteiger partial charge in [-0.05, 0) is 32.1 Å². The van der Waals surface area contributed by atoms with Crippen molar-refractivity contribution in [2.24, 2.45) is 0 Å². The van der Waals surface area contributed by atoms with Crippen molar-refractivity contribution in [2.75, 3.05) is 13.2 Å². The SMILES string of the molecule is CCCCCC/C=C/CCCCCCCCCC(=O)C(O)(CO)COP(=O)(O)O. The third kappa shape index (κ3) is 16.9. The molecule has 172 valence electrons. The highest BCUT2D eigenvalue weighted by Crippen LogP contribution is 2.37. The van der Waals surface area contributed by atoms with Crippen LogP contribution in [0, 0.1) is 0 Å². The Kier molecular flexibility index (Phi) is 16.8. The Morgan fingerprint density at radius 3 is 1.86 bits per heavy atom. The van der Waals surface area contributed by atoms with E-state index in [2.05, 4.69) is 23.6 Å². The fourth-order valence-corrected chi connectivity index (χ4v) is 3.38. The van der Waals surface area contributed by atoms with Crippen LogP contribution in [0.2, 0.25) is 0 Å². The lowest BCUT2D eigenvalue weighted by Gasteiger charge is -2.24. The van der Waals surface area contributed by atoms with Crippen LogP contribution in [0.3, 0.4) is 0 Å². The van der Waals surface area contributed by atoms with Crippen LogP contribution >= 0.6 is 7.82 Å². The predicted octanol–water partition coefficient (Wildman–Crippen LogP) is 4.43. The summed E-state index contributed by atoms with van der Waals surface area (Å²) in [6, 6.07) is 0. The minimum absolute atomic E-state index is 0.0463. The predicted molar refractivity (Wildman–Crippen MR) is 114 cm³/mol. The first-order chi connectivity index (χ1) is 13.7. The molecule has 0 heterocycles. The lowest BCUT2D eigenvalue weighted by atomic mass is 9.95. The molecule has 0 saturated heterocycles. The van der Waals surface area contributed by atoms with Gasteiger partial charge in [-0.2, -0.15) is 0 Å². The lowest BCUT2D eigenvalue weighted by Crippen LogP contribution is -2.46. The molecule has 0 aromatic heterocycles. The van der Waals surface area contributed by atoms with Gasteiger partial charge in [-0.3, -0.25) is 9.32 Å². The van der Waals surface area contributed by atoms with Crippen LogP contribution in [-0.4, -0.2) is 44.6 Å². The fourth-order valence-electron chi connectivity index (χ4n) is 2.99. The number of allylic oxidation sites excluding steroid dienone is 2. The molecule has 0 fully saturated rings. The summed E-state index contributed by atoms with van der Waals surface area (Å²) >= 11 is 0. The molecule has 0 aliphatic carbocycles. The summed E-state index contributed by atoms with van der Waals surface area (Å²) in [7, 11) is -4.81. The second-order valence-electron chi connectivity index (χ2n) is 7.71. The molecule has 1 atom stereocenters. The molecule has 0 aromatic rings. The zero-order chi connectivity index (χ0) is 22.0. The Morgan fingerprint density at radius 1 is 0.897 bits per heavy atom. The quantitative estimate of drug-likeness (QED) is 0.126. The monoisotopic (exact) mass is 436 g/mol. The van der Waals surface area contributed by atoms with Gasteiger partial charge < -0.3 is 20.0 Å². The molecule has 0 spiro atoms. The van der Waals surface area contributed by atoms with Gasteiger partial charge in [0.15, 0.2) is 11.4 Å². The van der Waals surface area contributed by atoms with Crippen molar-refractivity contribution in [1.29, 1.82) is 0 Å². The van der Waals surface area contributed by atoms with Gasteiger partial charge in [0.2, 0.25) is 0 Å². The summed E-state index contributed by atoms with van der Waals surface area (Å²) in [6.45, 7) is 0.375. The van der Waals surface area contributed by atoms with Crippen molar-refractivity contribution in [2.45, 2.75) is 102 Å². The molecule has 7 nitrogen and oxygen atoms in total. The molecule has 0 rings (SSSR count). The zero-order valence-corrected chi connectivity index (χ0v) is 18.8. The van der Waals surface area contributed by atoms with Crippen molar-refractivity contribution in [3.05, 3.63) is 12.2 Å². The van der Waals surface area contributed by atoms with E-state index < -0.39 is 32.4 Å². The molecule has 4 N–H and O–H groups in total. The average Bonchev–Trinajstić information content (AvgIpc) is 2.68. The summed E-state index contributed by atoms with van der Waals surface area (Å²) in [4.78, 5) is 29.3. The number of hydrogen-bond donors (Lipinski definition) is 4. The molecule has 0 saturated carbocycles. The zero-order valence-electron chi connectivity index (χ0n) is 17.9. The third-order valence-electron chi connectivity index (χ3n) is 4.92. The van der Waals surface area contributed by atoms with Gasteiger partial charge in [-0.1, -0.05) is 70.4 Å². The summed E-state index contributed by atoms with van der Waals surface area (Å²) < 4.78 is 14.9. The Balaban J connectivity index is 3.65. The number of aliphatic hydroxyl groups is 2. The number of aliphatic hydroxyl groups excluding tert-OH is 1. The van der Waals surface area contributed by atoms with E-state index in [1.54, 1.807) is 0 Å². The van der Waals surface area contributed by atoms with Crippen molar-refractivity contribution in [3.8, 4) is 0 Å². The van der Waals surface area contributed by atoms with Crippen molar-refractivity contribution < 1.29 is 33.9 Å². The smallest absolute Gasteiger partial charge is 0.393 e. The summed E-state index contributed by atoms with van der Waals surface area (Å²) in [5.74, 6) is -0.657. The van der Waals surface area contributed by atoms with E-state index in [1.165, 1.54) is 44.9 Å². The molecule has 0 aromatic carbocycles. The van der Waals surface area contributed by atoms with Crippen molar-refractivity contribution in [3.63, 3.8) is 0 Å². The van der Waals surface area contributed by atoms with Gasteiger partial charge >= 0.3 is 7.82 Å². The molecule has 0 radical (unpaired) electrons. The van der Waals surface area contributed by atoms with Crippen LogP contribution in [-0.2, 0) is 13.9 Å². The maximum Gasteiger partial charge on any atom is 0.469 e. The normalized spacial score (nSPS) is 14.4. The van der Waals surface area contributed by atoms with E-state index in [1.807, 2.05) is 0 Å². The standard InChI is InChI=1S/C21H41O7P/c1-2-3-4-5-6-7-8-9-10-11-12-13-14-15-16-17-20(23)21(24,18-22)19-28-29(25,26)27/h7-8,22,24H,2-6,9-19H2,1H3,(H2,25,26,27)/b8-7+. The third-order valence-corrected chi connectivity index (χ3v) is 5.38. The Morgan fingerprint density at radius 2 is 1.38 bits per heavy atom. The van der Waals surface area contributed by atoms with Crippen molar-refractivity contribution in [1.82, 2.24) is 0 Å². The number of phosphoric acid groups is 1. The van der Waals surface area contributed by atoms with E-state index >= 15 is 0 Å². The Hall–Kier alpha value is -0.560. The molecular weight excluding hydrogens is 395 g/mol. The van der Waals surface area contributed by atoms with Crippen LogP contribution in [0.15, 0.2) is 12.2 Å². The molecule has 29 heavy (non-hydrogen) atoms. The van der Waals surface area contributed by atoms with E-state index in [0.717, 1.165) is 32.1 Å². The largest absolute Gasteiger partial charge is 0.469 e. The number of carbonyl (C=O) groups excluding carboxylic acids is 1. The lowest BCUT2D eigenvalue weighted by molar-refractivity contribution is -0.146. The van der Waals surface area contributed by atoms with Gasteiger partial charge in [-0.25, -0.2) is 4.57 Å².